The molecule has 8 N–H and O–H groups in total. The molecule has 4 rings (SSSR count). The average Bonchev–Trinajstić information content (AvgIpc) is 2.76. The molecule has 12 nitrogen and oxygen atoms in total. The Labute approximate surface area is 184 Å². The molecule has 0 saturated carbocycles. The molecule has 33 heavy (non-hydrogen) atoms. The van der Waals surface area contributed by atoms with Crippen LogP contribution in [0.2, 0.25) is 0 Å². The van der Waals surface area contributed by atoms with E-state index in [1.165, 1.54) is 6.07 Å². The number of aliphatic hydroxyl groups excluding tert-OH is 4. The van der Waals surface area contributed by atoms with E-state index >= 15 is 0 Å². The number of hydrogen-bond acceptors (Lipinski definition) is 12. The molecule has 0 aliphatic carbocycles. The number of phenols is 4. The van der Waals surface area contributed by atoms with Crippen molar-refractivity contribution in [2.45, 2.75) is 30.7 Å². The molecule has 2 aromatic carbocycles. The molecule has 1 saturated heterocycles. The number of hydrogen-bond donors (Lipinski definition) is 8. The Morgan fingerprint density at radius 3 is 2.27 bits per heavy atom. The minimum Gasteiger partial charge on any atom is -0.508 e. The van der Waals surface area contributed by atoms with Gasteiger partial charge < -0.3 is 54.7 Å². The van der Waals surface area contributed by atoms with Crippen molar-refractivity contribution in [3.05, 3.63) is 40.6 Å². The van der Waals surface area contributed by atoms with Crippen molar-refractivity contribution in [3.63, 3.8) is 0 Å². The number of rotatable bonds is 4. The highest BCUT2D eigenvalue weighted by molar-refractivity contribution is 5.88. The third-order valence-electron chi connectivity index (χ3n) is 5.24. The first-order valence-electron chi connectivity index (χ1n) is 9.64. The van der Waals surface area contributed by atoms with E-state index < -0.39 is 71.5 Å². The van der Waals surface area contributed by atoms with Crippen LogP contribution in [-0.2, 0) is 4.74 Å². The van der Waals surface area contributed by atoms with Crippen LogP contribution in [0.15, 0.2) is 39.5 Å². The van der Waals surface area contributed by atoms with E-state index in [0.717, 1.165) is 24.3 Å². The first kappa shape index (κ1) is 22.6. The topological polar surface area (TPSA) is 211 Å². The van der Waals surface area contributed by atoms with Gasteiger partial charge in [0.1, 0.15) is 46.9 Å². The van der Waals surface area contributed by atoms with Crippen LogP contribution in [-0.4, -0.2) is 78.2 Å². The lowest BCUT2D eigenvalue weighted by Crippen LogP contribution is -2.60. The number of fused-ring (bicyclic) bond motifs is 1. The molecule has 5 atom stereocenters. The molecular formula is C21H20O12. The van der Waals surface area contributed by atoms with Gasteiger partial charge in [0.2, 0.25) is 17.5 Å². The van der Waals surface area contributed by atoms with Crippen molar-refractivity contribution in [3.8, 4) is 40.1 Å². The van der Waals surface area contributed by atoms with Crippen molar-refractivity contribution in [2.24, 2.45) is 0 Å². The van der Waals surface area contributed by atoms with Crippen molar-refractivity contribution in [2.75, 3.05) is 6.61 Å². The summed E-state index contributed by atoms with van der Waals surface area (Å²) in [7, 11) is 0. The van der Waals surface area contributed by atoms with E-state index in [1.54, 1.807) is 0 Å². The first-order chi connectivity index (χ1) is 15.6. The molecular weight excluding hydrogens is 444 g/mol. The van der Waals surface area contributed by atoms with Crippen LogP contribution in [0.1, 0.15) is 0 Å². The normalized spacial score (nSPS) is 25.3. The van der Waals surface area contributed by atoms with E-state index in [9.17, 15) is 45.6 Å². The summed E-state index contributed by atoms with van der Waals surface area (Å²) in [6.07, 6.45) is -8.40. The molecule has 176 valence electrons. The van der Waals surface area contributed by atoms with Gasteiger partial charge in [-0.2, -0.15) is 0 Å². The molecule has 1 aliphatic heterocycles. The largest absolute Gasteiger partial charge is 0.508 e. The number of benzene rings is 2. The maximum atomic E-state index is 13.2. The summed E-state index contributed by atoms with van der Waals surface area (Å²) in [6, 6.07) is 5.36. The third kappa shape index (κ3) is 3.90. The Balaban J connectivity index is 1.91. The van der Waals surface area contributed by atoms with Gasteiger partial charge in [-0.3, -0.25) is 4.79 Å². The lowest BCUT2D eigenvalue weighted by Gasteiger charge is -2.39. The molecule has 2 heterocycles. The zero-order valence-electron chi connectivity index (χ0n) is 16.7. The predicted molar refractivity (Wildman–Crippen MR) is 109 cm³/mol. The molecule has 0 spiro atoms. The van der Waals surface area contributed by atoms with E-state index in [1.807, 2.05) is 0 Å². The molecule has 1 fully saturated rings. The Morgan fingerprint density at radius 2 is 1.61 bits per heavy atom. The van der Waals surface area contributed by atoms with Gasteiger partial charge in [-0.25, -0.2) is 0 Å². The lowest BCUT2D eigenvalue weighted by atomic mass is 9.99. The third-order valence-corrected chi connectivity index (χ3v) is 5.24. The molecule has 12 heteroatoms. The quantitative estimate of drug-likeness (QED) is 0.229. The van der Waals surface area contributed by atoms with Crippen LogP contribution < -0.4 is 10.2 Å². The highest BCUT2D eigenvalue weighted by Gasteiger charge is 2.45. The predicted octanol–water partition coefficient (Wildman–Crippen LogP) is -0.539. The van der Waals surface area contributed by atoms with Crippen LogP contribution in [0.4, 0.5) is 0 Å². The minimum atomic E-state index is -1.85. The molecule has 3 unspecified atom stereocenters. The molecule has 0 radical (unpaired) electrons. The van der Waals surface area contributed by atoms with Crippen molar-refractivity contribution < 1.29 is 54.7 Å². The van der Waals surface area contributed by atoms with Crippen LogP contribution in [0.25, 0.3) is 22.3 Å². The van der Waals surface area contributed by atoms with E-state index in [-0.39, 0.29) is 22.3 Å². The second-order valence-corrected chi connectivity index (χ2v) is 7.45. The van der Waals surface area contributed by atoms with Gasteiger partial charge in [0.15, 0.2) is 17.3 Å². The molecule has 1 aliphatic rings. The van der Waals surface area contributed by atoms with E-state index in [4.69, 9.17) is 13.9 Å². The zero-order chi connectivity index (χ0) is 24.0. The summed E-state index contributed by atoms with van der Waals surface area (Å²) in [5.74, 6) is -3.05. The maximum Gasteiger partial charge on any atom is 0.239 e. The van der Waals surface area contributed by atoms with Gasteiger partial charge in [-0.05, 0) is 18.2 Å². The SMILES string of the molecule is O=c1c(O[C@@H]2OC(CO)[C@@H](O)C(O)C2O)c(-c2ccc(O)c(O)c2)oc2cc(O)cc(O)c12. The van der Waals surface area contributed by atoms with Gasteiger partial charge in [-0.15, -0.1) is 0 Å². The van der Waals surface area contributed by atoms with Crippen LogP contribution in [0, 0.1) is 0 Å². The van der Waals surface area contributed by atoms with Crippen molar-refractivity contribution in [1.29, 1.82) is 0 Å². The highest BCUT2D eigenvalue weighted by atomic mass is 16.7. The monoisotopic (exact) mass is 464 g/mol. The van der Waals surface area contributed by atoms with Gasteiger partial charge in [0.25, 0.3) is 0 Å². The van der Waals surface area contributed by atoms with Crippen LogP contribution in [0.3, 0.4) is 0 Å². The summed E-state index contributed by atoms with van der Waals surface area (Å²) in [5, 5.41) is 78.7. The lowest BCUT2D eigenvalue weighted by molar-refractivity contribution is -0.277. The minimum absolute atomic E-state index is 0.0201. The second-order valence-electron chi connectivity index (χ2n) is 7.45. The summed E-state index contributed by atoms with van der Waals surface area (Å²) < 4.78 is 16.5. The Morgan fingerprint density at radius 1 is 0.879 bits per heavy atom. The van der Waals surface area contributed by atoms with Gasteiger partial charge in [0, 0.05) is 17.7 Å². The van der Waals surface area contributed by atoms with Crippen LogP contribution >= 0.6 is 0 Å². The van der Waals surface area contributed by atoms with Gasteiger partial charge >= 0.3 is 0 Å². The fraction of sp³-hybridized carbons (Fsp3) is 0.286. The number of phenolic OH excluding ortho intramolecular Hbond substituents is 4. The van der Waals surface area contributed by atoms with E-state index in [0.29, 0.717) is 0 Å². The maximum absolute atomic E-state index is 13.2. The summed E-state index contributed by atoms with van der Waals surface area (Å²) >= 11 is 0. The smallest absolute Gasteiger partial charge is 0.239 e. The Hall–Kier alpha value is -3.55. The Bertz CT molecular complexity index is 1250. The summed E-state index contributed by atoms with van der Waals surface area (Å²) in [6.45, 7) is -0.740. The first-order valence-corrected chi connectivity index (χ1v) is 9.64. The Kier molecular flexibility index (Phi) is 5.78. The van der Waals surface area contributed by atoms with Gasteiger partial charge in [0.05, 0.1) is 6.61 Å². The van der Waals surface area contributed by atoms with Crippen LogP contribution in [0.5, 0.6) is 28.7 Å². The second kappa shape index (κ2) is 8.42. The summed E-state index contributed by atoms with van der Waals surface area (Å²) in [4.78, 5) is 13.2. The highest BCUT2D eigenvalue weighted by Crippen LogP contribution is 2.39. The van der Waals surface area contributed by atoms with Crippen molar-refractivity contribution >= 4 is 11.0 Å². The fourth-order valence-electron chi connectivity index (χ4n) is 3.51. The van der Waals surface area contributed by atoms with Gasteiger partial charge in [-0.1, -0.05) is 0 Å². The summed E-state index contributed by atoms with van der Waals surface area (Å²) in [5.41, 5.74) is -1.19. The zero-order valence-corrected chi connectivity index (χ0v) is 16.7. The average molecular weight is 464 g/mol. The van der Waals surface area contributed by atoms with Crippen molar-refractivity contribution in [1.82, 2.24) is 0 Å². The molecule has 1 aromatic heterocycles. The van der Waals surface area contributed by atoms with E-state index in [2.05, 4.69) is 0 Å². The number of aliphatic hydroxyl groups is 4. The fourth-order valence-corrected chi connectivity index (χ4v) is 3.51. The number of ether oxygens (including phenoxy) is 2. The molecule has 3 aromatic rings. The molecule has 0 bridgehead atoms. The molecule has 0 amide bonds. The standard InChI is InChI=1S/C21H20O12/c22-6-13-15(27)17(29)18(30)21(32-13)33-20-16(28)14-11(26)4-8(23)5-12(14)31-19(20)7-1-2-9(24)10(25)3-7/h1-5,13,15,17-18,21-27,29-30H,6H2/t13?,15-,17?,18?,21+/m1/s1. The number of aromatic hydroxyl groups is 4.